The van der Waals surface area contributed by atoms with E-state index in [9.17, 15) is 9.59 Å². The predicted molar refractivity (Wildman–Crippen MR) is 108 cm³/mol. The Bertz CT molecular complexity index is 753. The fraction of sp³-hybridized carbons (Fsp3) is 0.652. The average molecular weight is 385 g/mol. The summed E-state index contributed by atoms with van der Waals surface area (Å²) in [7, 11) is 1.37. The van der Waals surface area contributed by atoms with Gasteiger partial charge in [-0.05, 0) is 74.8 Å². The molecule has 1 aromatic rings. The van der Waals surface area contributed by atoms with Crippen LogP contribution in [0.2, 0.25) is 0 Å². The molecule has 1 N–H and O–H groups in total. The van der Waals surface area contributed by atoms with E-state index in [-0.39, 0.29) is 17.9 Å². The Kier molecular flexibility index (Phi) is 5.11. The van der Waals surface area contributed by atoms with E-state index in [0.717, 1.165) is 38.8 Å². The molecule has 28 heavy (non-hydrogen) atoms. The van der Waals surface area contributed by atoms with E-state index in [1.807, 2.05) is 0 Å². The highest BCUT2D eigenvalue weighted by molar-refractivity contribution is 5.80. The number of alkyl carbamates (subject to hydrolysis) is 1. The van der Waals surface area contributed by atoms with Gasteiger partial charge in [-0.3, -0.25) is 4.79 Å². The summed E-state index contributed by atoms with van der Waals surface area (Å²) < 4.78 is 4.62. The van der Waals surface area contributed by atoms with E-state index in [2.05, 4.69) is 47.0 Å². The molecule has 0 bridgehead atoms. The molecule has 5 nitrogen and oxygen atoms in total. The molecule has 1 saturated heterocycles. The van der Waals surface area contributed by atoms with E-state index in [4.69, 9.17) is 0 Å². The number of rotatable bonds is 3. The number of hydrogen-bond donors (Lipinski definition) is 1. The van der Waals surface area contributed by atoms with Gasteiger partial charge in [0, 0.05) is 25.0 Å². The van der Waals surface area contributed by atoms with Crippen LogP contribution in [-0.4, -0.2) is 43.1 Å². The van der Waals surface area contributed by atoms with Crippen LogP contribution in [-0.2, 0) is 9.53 Å². The number of carbonyl (C=O) groups is 2. The summed E-state index contributed by atoms with van der Waals surface area (Å²) in [6.45, 7) is 6.17. The first kappa shape index (κ1) is 19.3. The van der Waals surface area contributed by atoms with Gasteiger partial charge in [0.2, 0.25) is 5.91 Å². The standard InChI is InChI=1S/C23H32N2O3/c1-15-4-5-20(16(2)10-15)18-13-23(14-18)6-8-25(9-7-23)21(26)17-11-19(12-17)24-22(27)28-3/h4-5,10,17-19H,6-9,11-14H2,1-3H3,(H,24,27). The third-order valence-electron chi connectivity index (χ3n) is 7.35. The monoisotopic (exact) mass is 384 g/mol. The van der Waals surface area contributed by atoms with Crippen LogP contribution < -0.4 is 5.32 Å². The highest BCUT2D eigenvalue weighted by Gasteiger charge is 2.48. The summed E-state index contributed by atoms with van der Waals surface area (Å²) in [4.78, 5) is 26.0. The zero-order valence-corrected chi connectivity index (χ0v) is 17.3. The number of piperidine rings is 1. The van der Waals surface area contributed by atoms with E-state index in [1.54, 1.807) is 0 Å². The van der Waals surface area contributed by atoms with Crippen LogP contribution in [0.25, 0.3) is 0 Å². The van der Waals surface area contributed by atoms with Gasteiger partial charge in [0.1, 0.15) is 0 Å². The van der Waals surface area contributed by atoms with Crippen molar-refractivity contribution in [3.63, 3.8) is 0 Å². The van der Waals surface area contributed by atoms with Crippen LogP contribution >= 0.6 is 0 Å². The van der Waals surface area contributed by atoms with Crippen LogP contribution in [0.4, 0.5) is 4.79 Å². The maximum Gasteiger partial charge on any atom is 0.407 e. The predicted octanol–water partition coefficient (Wildman–Crippen LogP) is 3.92. The minimum atomic E-state index is -0.404. The van der Waals surface area contributed by atoms with Gasteiger partial charge in [-0.1, -0.05) is 23.8 Å². The fourth-order valence-corrected chi connectivity index (χ4v) is 5.52. The van der Waals surface area contributed by atoms with Crippen LogP contribution in [0, 0.1) is 25.2 Å². The number of nitrogens with one attached hydrogen (secondary N) is 1. The lowest BCUT2D eigenvalue weighted by molar-refractivity contribution is -0.142. The molecule has 3 aliphatic rings. The van der Waals surface area contributed by atoms with Crippen LogP contribution in [0.5, 0.6) is 0 Å². The maximum absolute atomic E-state index is 12.7. The minimum absolute atomic E-state index is 0.0700. The number of benzene rings is 1. The number of amides is 2. The highest BCUT2D eigenvalue weighted by atomic mass is 16.5. The molecule has 2 saturated carbocycles. The third-order valence-corrected chi connectivity index (χ3v) is 7.35. The second-order valence-corrected chi connectivity index (χ2v) is 9.29. The molecule has 152 valence electrons. The topological polar surface area (TPSA) is 58.6 Å². The molecule has 1 heterocycles. The Labute approximate surface area is 167 Å². The van der Waals surface area contributed by atoms with Crippen molar-refractivity contribution in [2.45, 2.75) is 64.3 Å². The summed E-state index contributed by atoms with van der Waals surface area (Å²) >= 11 is 0. The first-order valence-electron chi connectivity index (χ1n) is 10.6. The molecule has 0 atom stereocenters. The number of likely N-dealkylation sites (tertiary alicyclic amines) is 1. The molecule has 1 aliphatic heterocycles. The number of nitrogens with zero attached hydrogens (tertiary/aromatic N) is 1. The second-order valence-electron chi connectivity index (χ2n) is 9.29. The molecule has 0 aromatic heterocycles. The van der Waals surface area contributed by atoms with Crippen molar-refractivity contribution in [2.24, 2.45) is 11.3 Å². The van der Waals surface area contributed by atoms with Gasteiger partial charge in [0.05, 0.1) is 7.11 Å². The van der Waals surface area contributed by atoms with Gasteiger partial charge in [0.15, 0.2) is 0 Å². The number of ether oxygens (including phenoxy) is 1. The number of aryl methyl sites for hydroxylation is 2. The molecule has 1 spiro atoms. The Morgan fingerprint density at radius 1 is 1.14 bits per heavy atom. The zero-order valence-electron chi connectivity index (χ0n) is 17.3. The van der Waals surface area contributed by atoms with E-state index < -0.39 is 6.09 Å². The molecular weight excluding hydrogens is 352 g/mol. The molecule has 5 heteroatoms. The SMILES string of the molecule is COC(=O)NC1CC(C(=O)N2CCC3(CC2)CC(c2ccc(C)cc2C)C3)C1. The Balaban J connectivity index is 1.24. The molecule has 1 aromatic carbocycles. The molecule has 2 aliphatic carbocycles. The highest BCUT2D eigenvalue weighted by Crippen LogP contribution is 2.57. The normalized spacial score (nSPS) is 26.3. The molecule has 0 unspecified atom stereocenters. The zero-order chi connectivity index (χ0) is 19.9. The van der Waals surface area contributed by atoms with Crippen molar-refractivity contribution < 1.29 is 14.3 Å². The largest absolute Gasteiger partial charge is 0.453 e. The molecular formula is C23H32N2O3. The fourth-order valence-electron chi connectivity index (χ4n) is 5.52. The van der Waals surface area contributed by atoms with E-state index in [1.165, 1.54) is 36.6 Å². The Hall–Kier alpha value is -2.04. The summed E-state index contributed by atoms with van der Waals surface area (Å²) in [5, 5.41) is 2.78. The first-order valence-corrected chi connectivity index (χ1v) is 10.6. The van der Waals surface area contributed by atoms with Gasteiger partial charge >= 0.3 is 6.09 Å². The van der Waals surface area contributed by atoms with Crippen molar-refractivity contribution >= 4 is 12.0 Å². The van der Waals surface area contributed by atoms with Crippen molar-refractivity contribution in [2.75, 3.05) is 20.2 Å². The minimum Gasteiger partial charge on any atom is -0.453 e. The summed E-state index contributed by atoms with van der Waals surface area (Å²) in [6.07, 6.45) is 5.89. The van der Waals surface area contributed by atoms with Crippen molar-refractivity contribution in [3.8, 4) is 0 Å². The van der Waals surface area contributed by atoms with Crippen LogP contribution in [0.3, 0.4) is 0 Å². The molecule has 4 rings (SSSR count). The Morgan fingerprint density at radius 2 is 1.82 bits per heavy atom. The van der Waals surface area contributed by atoms with Crippen molar-refractivity contribution in [1.82, 2.24) is 10.2 Å². The quantitative estimate of drug-likeness (QED) is 0.859. The number of hydrogen-bond acceptors (Lipinski definition) is 3. The van der Waals surface area contributed by atoms with Gasteiger partial charge in [0.25, 0.3) is 0 Å². The van der Waals surface area contributed by atoms with Crippen molar-refractivity contribution in [3.05, 3.63) is 34.9 Å². The van der Waals surface area contributed by atoms with Crippen molar-refractivity contribution in [1.29, 1.82) is 0 Å². The summed E-state index contributed by atoms with van der Waals surface area (Å²) in [6, 6.07) is 6.93. The molecule has 0 radical (unpaired) electrons. The average Bonchev–Trinajstić information content (AvgIpc) is 2.62. The third kappa shape index (κ3) is 3.63. The summed E-state index contributed by atoms with van der Waals surface area (Å²) in [5.41, 5.74) is 4.73. The summed E-state index contributed by atoms with van der Waals surface area (Å²) in [5.74, 6) is 1.04. The van der Waals surface area contributed by atoms with E-state index >= 15 is 0 Å². The van der Waals surface area contributed by atoms with Crippen LogP contribution in [0.1, 0.15) is 61.1 Å². The second kappa shape index (κ2) is 7.41. The lowest BCUT2D eigenvalue weighted by atomic mass is 9.55. The maximum atomic E-state index is 12.7. The molecule has 3 fully saturated rings. The smallest absolute Gasteiger partial charge is 0.407 e. The number of carbonyl (C=O) groups excluding carboxylic acids is 2. The molecule has 2 amide bonds. The lowest BCUT2D eigenvalue weighted by Gasteiger charge is -2.53. The van der Waals surface area contributed by atoms with Crippen LogP contribution in [0.15, 0.2) is 18.2 Å². The van der Waals surface area contributed by atoms with Gasteiger partial charge in [-0.2, -0.15) is 0 Å². The van der Waals surface area contributed by atoms with E-state index in [0.29, 0.717) is 11.3 Å². The first-order chi connectivity index (χ1) is 13.4. The van der Waals surface area contributed by atoms with Gasteiger partial charge in [-0.25, -0.2) is 4.79 Å². The lowest BCUT2D eigenvalue weighted by Crippen LogP contribution is -2.53. The van der Waals surface area contributed by atoms with Gasteiger partial charge < -0.3 is 15.0 Å². The Morgan fingerprint density at radius 3 is 2.43 bits per heavy atom. The number of methoxy groups -OCH3 is 1. The van der Waals surface area contributed by atoms with Gasteiger partial charge in [-0.15, -0.1) is 0 Å².